The molecule has 2 aliphatic heterocycles. The third-order valence-corrected chi connectivity index (χ3v) is 5.33. The number of likely N-dealkylation sites (tertiary alicyclic amines) is 1. The number of hydrogen-bond acceptors (Lipinski definition) is 4. The Morgan fingerprint density at radius 1 is 1.28 bits per heavy atom. The van der Waals surface area contributed by atoms with Crippen LogP contribution in [0.3, 0.4) is 0 Å². The van der Waals surface area contributed by atoms with E-state index < -0.39 is 0 Å². The van der Waals surface area contributed by atoms with Crippen LogP contribution in [0, 0.1) is 12.8 Å². The fourth-order valence-corrected chi connectivity index (χ4v) is 3.78. The molecule has 0 spiro atoms. The summed E-state index contributed by atoms with van der Waals surface area (Å²) in [6.07, 6.45) is 1.54. The Balaban J connectivity index is 1.78. The molecule has 3 rings (SSSR count). The van der Waals surface area contributed by atoms with E-state index in [1.807, 2.05) is 13.0 Å². The maximum atomic E-state index is 12.9. The Hall–Kier alpha value is -2.41. The molecule has 7 heteroatoms. The zero-order chi connectivity index (χ0) is 18.1. The van der Waals surface area contributed by atoms with Gasteiger partial charge in [-0.05, 0) is 18.6 Å². The molecule has 2 fully saturated rings. The van der Waals surface area contributed by atoms with E-state index in [9.17, 15) is 14.4 Å². The Labute approximate surface area is 146 Å². The quantitative estimate of drug-likeness (QED) is 0.713. The lowest BCUT2D eigenvalue weighted by molar-refractivity contribution is -0.920. The number of nitrogens with zero attached hydrogens (tertiary/aromatic N) is 1. The first-order valence-corrected chi connectivity index (χ1v) is 8.57. The summed E-state index contributed by atoms with van der Waals surface area (Å²) in [6, 6.07) is 4.99. The van der Waals surface area contributed by atoms with E-state index in [2.05, 4.69) is 0 Å². The molecule has 2 aliphatic rings. The summed E-state index contributed by atoms with van der Waals surface area (Å²) in [5, 5.41) is 0. The molecule has 134 valence electrons. The molecule has 0 saturated carbocycles. The predicted molar refractivity (Wildman–Crippen MR) is 91.2 cm³/mol. The maximum absolute atomic E-state index is 12.9. The van der Waals surface area contributed by atoms with E-state index in [0.29, 0.717) is 37.4 Å². The minimum absolute atomic E-state index is 0.118. The molecule has 1 aromatic carbocycles. The Kier molecular flexibility index (Phi) is 4.76. The number of aryl methyl sites for hydroxylation is 1. The molecular weight excluding hydrogens is 322 g/mol. The number of benzene rings is 1. The van der Waals surface area contributed by atoms with Gasteiger partial charge in [-0.25, -0.2) is 4.90 Å². The summed E-state index contributed by atoms with van der Waals surface area (Å²) in [5.41, 5.74) is 6.81. The molecule has 3 amide bonds. The number of primary amides is 1. The second kappa shape index (κ2) is 6.84. The second-order valence-corrected chi connectivity index (χ2v) is 6.81. The van der Waals surface area contributed by atoms with Crippen LogP contribution in [0.4, 0.5) is 5.69 Å². The van der Waals surface area contributed by atoms with Crippen LogP contribution in [0.25, 0.3) is 0 Å². The van der Waals surface area contributed by atoms with Gasteiger partial charge in [0, 0.05) is 24.8 Å². The van der Waals surface area contributed by atoms with Crippen molar-refractivity contribution in [2.75, 3.05) is 25.1 Å². The third-order valence-electron chi connectivity index (χ3n) is 5.33. The van der Waals surface area contributed by atoms with Gasteiger partial charge in [0.25, 0.3) is 5.91 Å². The van der Waals surface area contributed by atoms with Crippen LogP contribution in [0.1, 0.15) is 24.8 Å². The van der Waals surface area contributed by atoms with Crippen molar-refractivity contribution in [2.45, 2.75) is 32.2 Å². The molecule has 0 bridgehead atoms. The first-order valence-electron chi connectivity index (χ1n) is 8.57. The maximum Gasteiger partial charge on any atom is 0.292 e. The number of quaternary nitrogens is 1. The summed E-state index contributed by atoms with van der Waals surface area (Å²) in [7, 11) is 1.55. The molecule has 25 heavy (non-hydrogen) atoms. The first kappa shape index (κ1) is 17.4. The molecule has 0 aliphatic carbocycles. The van der Waals surface area contributed by atoms with Gasteiger partial charge in [0.2, 0.25) is 11.8 Å². The van der Waals surface area contributed by atoms with Gasteiger partial charge in [-0.3, -0.25) is 14.4 Å². The lowest BCUT2D eigenvalue weighted by Crippen LogP contribution is -3.17. The van der Waals surface area contributed by atoms with Crippen molar-refractivity contribution in [2.24, 2.45) is 11.7 Å². The predicted octanol–water partition coefficient (Wildman–Crippen LogP) is -0.584. The highest BCUT2D eigenvalue weighted by atomic mass is 16.5. The van der Waals surface area contributed by atoms with Gasteiger partial charge in [-0.1, -0.05) is 6.07 Å². The van der Waals surface area contributed by atoms with Crippen LogP contribution in [-0.4, -0.2) is 44.0 Å². The molecule has 2 saturated heterocycles. The van der Waals surface area contributed by atoms with Crippen LogP contribution in [0.15, 0.2) is 18.2 Å². The van der Waals surface area contributed by atoms with Gasteiger partial charge in [0.05, 0.1) is 32.3 Å². The van der Waals surface area contributed by atoms with Gasteiger partial charge < -0.3 is 15.4 Å². The van der Waals surface area contributed by atoms with E-state index in [1.54, 1.807) is 19.2 Å². The molecule has 2 heterocycles. The zero-order valence-electron chi connectivity index (χ0n) is 14.6. The van der Waals surface area contributed by atoms with Crippen molar-refractivity contribution in [3.05, 3.63) is 23.8 Å². The van der Waals surface area contributed by atoms with Gasteiger partial charge in [-0.2, -0.15) is 0 Å². The molecule has 0 aromatic heterocycles. The van der Waals surface area contributed by atoms with E-state index in [1.165, 1.54) is 4.90 Å². The van der Waals surface area contributed by atoms with Gasteiger partial charge in [0.1, 0.15) is 5.75 Å². The van der Waals surface area contributed by atoms with Crippen molar-refractivity contribution >= 4 is 23.4 Å². The number of methoxy groups -OCH3 is 1. The van der Waals surface area contributed by atoms with Gasteiger partial charge in [-0.15, -0.1) is 0 Å². The Morgan fingerprint density at radius 2 is 1.96 bits per heavy atom. The highest BCUT2D eigenvalue weighted by molar-refractivity contribution is 6.22. The average molecular weight is 346 g/mol. The fraction of sp³-hybridized carbons (Fsp3) is 0.500. The topological polar surface area (TPSA) is 94.1 Å². The second-order valence-electron chi connectivity index (χ2n) is 6.81. The number of amides is 3. The number of carbonyl (C=O) groups is 3. The van der Waals surface area contributed by atoms with Crippen molar-refractivity contribution in [1.82, 2.24) is 0 Å². The summed E-state index contributed by atoms with van der Waals surface area (Å²) < 4.78 is 5.22. The van der Waals surface area contributed by atoms with Crippen LogP contribution in [0.5, 0.6) is 5.75 Å². The number of rotatable bonds is 4. The van der Waals surface area contributed by atoms with Crippen molar-refractivity contribution in [3.8, 4) is 5.75 Å². The summed E-state index contributed by atoms with van der Waals surface area (Å²) in [5.74, 6) is -0.141. The minimum atomic E-state index is -0.382. The molecule has 0 radical (unpaired) electrons. The molecular formula is C18H24N3O4+. The SMILES string of the molecule is COc1ccc(C)c(N2C(=O)C[C@H]([NH+]3CCC(C(N)=O)CC3)C2=O)c1. The standard InChI is InChI=1S/C18H23N3O4/c1-11-3-4-13(25-2)9-14(11)21-16(22)10-15(18(21)24)20-7-5-12(6-8-20)17(19)23/h3-4,9,12,15H,5-8,10H2,1-2H3,(H2,19,23)/p+1/t15-/m0/s1. The van der Waals surface area contributed by atoms with Crippen LogP contribution >= 0.6 is 0 Å². The molecule has 1 aromatic rings. The summed E-state index contributed by atoms with van der Waals surface area (Å²) >= 11 is 0. The Morgan fingerprint density at radius 3 is 2.56 bits per heavy atom. The third kappa shape index (κ3) is 3.24. The Bertz CT molecular complexity index is 710. The fourth-order valence-electron chi connectivity index (χ4n) is 3.78. The largest absolute Gasteiger partial charge is 0.497 e. The van der Waals surface area contributed by atoms with Gasteiger partial charge >= 0.3 is 0 Å². The average Bonchev–Trinajstić information content (AvgIpc) is 2.90. The number of ether oxygens (including phenoxy) is 1. The smallest absolute Gasteiger partial charge is 0.292 e. The zero-order valence-corrected chi connectivity index (χ0v) is 14.6. The van der Waals surface area contributed by atoms with Crippen molar-refractivity contribution < 1.29 is 24.0 Å². The molecule has 7 nitrogen and oxygen atoms in total. The normalized spacial score (nSPS) is 26.8. The molecule has 3 N–H and O–H groups in total. The number of nitrogens with two attached hydrogens (primary N) is 1. The minimum Gasteiger partial charge on any atom is -0.497 e. The highest BCUT2D eigenvalue weighted by Gasteiger charge is 2.47. The number of nitrogens with one attached hydrogen (secondary N) is 1. The van der Waals surface area contributed by atoms with Crippen molar-refractivity contribution in [3.63, 3.8) is 0 Å². The van der Waals surface area contributed by atoms with E-state index in [0.717, 1.165) is 10.5 Å². The number of piperidine rings is 1. The van der Waals surface area contributed by atoms with E-state index in [-0.39, 0.29) is 36.1 Å². The lowest BCUT2D eigenvalue weighted by atomic mass is 9.95. The number of carbonyl (C=O) groups excluding carboxylic acids is 3. The molecule has 1 atom stereocenters. The van der Waals surface area contributed by atoms with Crippen LogP contribution < -0.4 is 20.3 Å². The van der Waals surface area contributed by atoms with Crippen molar-refractivity contribution in [1.29, 1.82) is 0 Å². The number of anilines is 1. The summed E-state index contributed by atoms with van der Waals surface area (Å²) in [4.78, 5) is 39.1. The number of hydrogen-bond donors (Lipinski definition) is 2. The monoisotopic (exact) mass is 346 g/mol. The van der Waals surface area contributed by atoms with Crippen LogP contribution in [-0.2, 0) is 14.4 Å². The number of imide groups is 1. The first-order chi connectivity index (χ1) is 11.9. The van der Waals surface area contributed by atoms with E-state index in [4.69, 9.17) is 10.5 Å². The molecule has 0 unspecified atom stereocenters. The lowest BCUT2D eigenvalue weighted by Gasteiger charge is -2.30. The highest BCUT2D eigenvalue weighted by Crippen LogP contribution is 2.29. The van der Waals surface area contributed by atoms with Gasteiger partial charge in [0.15, 0.2) is 6.04 Å². The van der Waals surface area contributed by atoms with E-state index >= 15 is 0 Å². The van der Waals surface area contributed by atoms with Crippen LogP contribution in [0.2, 0.25) is 0 Å². The summed E-state index contributed by atoms with van der Waals surface area (Å²) in [6.45, 7) is 3.23.